The number of hydrogen-bond acceptors (Lipinski definition) is 5. The van der Waals surface area contributed by atoms with Crippen molar-refractivity contribution in [3.8, 4) is 0 Å². The lowest BCUT2D eigenvalue weighted by Crippen LogP contribution is -2.06. The fourth-order valence-electron chi connectivity index (χ4n) is 2.33. The van der Waals surface area contributed by atoms with Crippen LogP contribution >= 0.6 is 0 Å². The summed E-state index contributed by atoms with van der Waals surface area (Å²) < 4.78 is 0. The predicted octanol–water partition coefficient (Wildman–Crippen LogP) is 4.15. The summed E-state index contributed by atoms with van der Waals surface area (Å²) in [5.74, 6) is 1.18. The number of rotatable bonds is 5. The van der Waals surface area contributed by atoms with Gasteiger partial charge < -0.3 is 10.6 Å². The van der Waals surface area contributed by atoms with Crippen LogP contribution < -0.4 is 10.6 Å². The molecule has 1 aromatic heterocycles. The Balaban J connectivity index is 1.69. The highest BCUT2D eigenvalue weighted by Crippen LogP contribution is 2.20. The standard InChI is InChI=1S/C19H21N5/c1-13-5-8-16(9-6-13)11-20-18-12-21-24-19(23-18)22-17-10-14(2)4-7-15(17)3/h4-10,12H,11H2,1-3H3,(H2,20,22,23,24). The zero-order chi connectivity index (χ0) is 16.9. The van der Waals surface area contributed by atoms with Crippen LogP contribution in [-0.4, -0.2) is 15.2 Å². The van der Waals surface area contributed by atoms with Gasteiger partial charge in [-0.25, -0.2) is 0 Å². The van der Waals surface area contributed by atoms with E-state index >= 15 is 0 Å². The predicted molar refractivity (Wildman–Crippen MR) is 97.5 cm³/mol. The molecule has 2 N–H and O–H groups in total. The van der Waals surface area contributed by atoms with Gasteiger partial charge in [0.25, 0.3) is 0 Å². The maximum atomic E-state index is 4.48. The minimum Gasteiger partial charge on any atom is -0.365 e. The third-order valence-corrected chi connectivity index (χ3v) is 3.79. The summed E-state index contributed by atoms with van der Waals surface area (Å²) >= 11 is 0. The first-order valence-corrected chi connectivity index (χ1v) is 7.93. The van der Waals surface area contributed by atoms with Gasteiger partial charge in [-0.1, -0.05) is 42.0 Å². The van der Waals surface area contributed by atoms with Crippen LogP contribution in [0.5, 0.6) is 0 Å². The van der Waals surface area contributed by atoms with Gasteiger partial charge in [0.05, 0.1) is 6.20 Å². The highest BCUT2D eigenvalue weighted by Gasteiger charge is 2.04. The molecule has 0 aliphatic heterocycles. The Morgan fingerprint density at radius 3 is 2.46 bits per heavy atom. The molecule has 3 aromatic rings. The Labute approximate surface area is 142 Å². The van der Waals surface area contributed by atoms with Crippen molar-refractivity contribution in [3.63, 3.8) is 0 Å². The van der Waals surface area contributed by atoms with Crippen LogP contribution in [0.2, 0.25) is 0 Å². The normalized spacial score (nSPS) is 10.5. The molecule has 0 spiro atoms. The van der Waals surface area contributed by atoms with Gasteiger partial charge in [-0.2, -0.15) is 10.1 Å². The molecule has 0 aliphatic rings. The number of aryl methyl sites for hydroxylation is 3. The van der Waals surface area contributed by atoms with Crippen LogP contribution in [0.15, 0.2) is 48.7 Å². The summed E-state index contributed by atoms with van der Waals surface area (Å²) in [5.41, 5.74) is 5.77. The Bertz CT molecular complexity index is 827. The van der Waals surface area contributed by atoms with Gasteiger partial charge in [-0.3, -0.25) is 0 Å². The van der Waals surface area contributed by atoms with Crippen molar-refractivity contribution in [2.75, 3.05) is 10.6 Å². The number of anilines is 3. The van der Waals surface area contributed by atoms with Crippen molar-refractivity contribution in [2.24, 2.45) is 0 Å². The minimum atomic E-state index is 0.484. The van der Waals surface area contributed by atoms with Crippen molar-refractivity contribution in [1.29, 1.82) is 0 Å². The van der Waals surface area contributed by atoms with Gasteiger partial charge in [0, 0.05) is 12.2 Å². The molecule has 0 bridgehead atoms. The topological polar surface area (TPSA) is 62.7 Å². The SMILES string of the molecule is Cc1ccc(CNc2cnnc(Nc3cc(C)ccc3C)n2)cc1. The lowest BCUT2D eigenvalue weighted by atomic mass is 10.1. The van der Waals surface area contributed by atoms with E-state index in [1.165, 1.54) is 16.7 Å². The molecule has 24 heavy (non-hydrogen) atoms. The van der Waals surface area contributed by atoms with Gasteiger partial charge in [0.2, 0.25) is 5.95 Å². The number of nitrogens with one attached hydrogen (secondary N) is 2. The van der Waals surface area contributed by atoms with Crippen molar-refractivity contribution in [3.05, 3.63) is 70.9 Å². The van der Waals surface area contributed by atoms with Gasteiger partial charge >= 0.3 is 0 Å². The lowest BCUT2D eigenvalue weighted by molar-refractivity contribution is 0.965. The molecule has 3 rings (SSSR count). The summed E-state index contributed by atoms with van der Waals surface area (Å²) in [6, 6.07) is 14.6. The van der Waals surface area contributed by atoms with Gasteiger partial charge in [0.15, 0.2) is 5.82 Å². The molecule has 0 fully saturated rings. The molecule has 0 saturated heterocycles. The Kier molecular flexibility index (Phi) is 4.70. The van der Waals surface area contributed by atoms with Crippen molar-refractivity contribution in [1.82, 2.24) is 15.2 Å². The van der Waals surface area contributed by atoms with Crippen molar-refractivity contribution in [2.45, 2.75) is 27.3 Å². The zero-order valence-electron chi connectivity index (χ0n) is 14.2. The van der Waals surface area contributed by atoms with E-state index in [1.807, 2.05) is 0 Å². The average molecular weight is 319 g/mol. The Morgan fingerprint density at radius 2 is 1.67 bits per heavy atom. The molecule has 122 valence electrons. The second-order valence-corrected chi connectivity index (χ2v) is 5.95. The first-order chi connectivity index (χ1) is 11.6. The molecule has 1 heterocycles. The second kappa shape index (κ2) is 7.08. The van der Waals surface area contributed by atoms with Crippen LogP contribution in [0, 0.1) is 20.8 Å². The highest BCUT2D eigenvalue weighted by molar-refractivity contribution is 5.59. The van der Waals surface area contributed by atoms with E-state index in [0.29, 0.717) is 18.3 Å². The third kappa shape index (κ3) is 4.07. The smallest absolute Gasteiger partial charge is 0.249 e. The van der Waals surface area contributed by atoms with E-state index < -0.39 is 0 Å². The van der Waals surface area contributed by atoms with E-state index in [0.717, 1.165) is 11.3 Å². The summed E-state index contributed by atoms with van der Waals surface area (Å²) in [6.45, 7) is 6.89. The monoisotopic (exact) mass is 319 g/mol. The van der Waals surface area contributed by atoms with Crippen molar-refractivity contribution >= 4 is 17.5 Å². The number of hydrogen-bond donors (Lipinski definition) is 2. The molecular weight excluding hydrogens is 298 g/mol. The maximum Gasteiger partial charge on any atom is 0.249 e. The molecule has 5 heteroatoms. The first-order valence-electron chi connectivity index (χ1n) is 7.93. The third-order valence-electron chi connectivity index (χ3n) is 3.79. The quantitative estimate of drug-likeness (QED) is 0.739. The van der Waals surface area contributed by atoms with Crippen LogP contribution in [0.3, 0.4) is 0 Å². The van der Waals surface area contributed by atoms with E-state index in [4.69, 9.17) is 0 Å². The Morgan fingerprint density at radius 1 is 0.917 bits per heavy atom. The van der Waals surface area contributed by atoms with Crippen molar-refractivity contribution < 1.29 is 0 Å². The minimum absolute atomic E-state index is 0.484. The largest absolute Gasteiger partial charge is 0.365 e. The Hall–Kier alpha value is -2.95. The fourth-order valence-corrected chi connectivity index (χ4v) is 2.33. The second-order valence-electron chi connectivity index (χ2n) is 5.95. The summed E-state index contributed by atoms with van der Waals surface area (Å²) in [5, 5.41) is 14.6. The highest BCUT2D eigenvalue weighted by atomic mass is 15.3. The summed E-state index contributed by atoms with van der Waals surface area (Å²) in [4.78, 5) is 4.48. The van der Waals surface area contributed by atoms with Gasteiger partial charge in [-0.05, 0) is 43.5 Å². The molecule has 0 radical (unpaired) electrons. The molecule has 0 unspecified atom stereocenters. The average Bonchev–Trinajstić information content (AvgIpc) is 2.58. The molecule has 0 atom stereocenters. The molecule has 0 aliphatic carbocycles. The first kappa shape index (κ1) is 15.9. The van der Waals surface area contributed by atoms with Crippen LogP contribution in [-0.2, 0) is 6.54 Å². The van der Waals surface area contributed by atoms with Crippen LogP contribution in [0.1, 0.15) is 22.3 Å². The van der Waals surface area contributed by atoms with Gasteiger partial charge in [0.1, 0.15) is 0 Å². The zero-order valence-corrected chi connectivity index (χ0v) is 14.2. The molecule has 0 amide bonds. The van der Waals surface area contributed by atoms with E-state index in [2.05, 4.69) is 89.1 Å². The van der Waals surface area contributed by atoms with E-state index in [9.17, 15) is 0 Å². The number of benzene rings is 2. The molecule has 0 saturated carbocycles. The summed E-state index contributed by atoms with van der Waals surface area (Å²) in [6.07, 6.45) is 1.63. The number of aromatic nitrogens is 3. The molecule has 2 aromatic carbocycles. The van der Waals surface area contributed by atoms with Crippen LogP contribution in [0.4, 0.5) is 17.5 Å². The maximum absolute atomic E-state index is 4.48. The molecular formula is C19H21N5. The lowest BCUT2D eigenvalue weighted by Gasteiger charge is -2.10. The van der Waals surface area contributed by atoms with Crippen LogP contribution in [0.25, 0.3) is 0 Å². The summed E-state index contributed by atoms with van der Waals surface area (Å²) in [7, 11) is 0. The fraction of sp³-hybridized carbons (Fsp3) is 0.211. The van der Waals surface area contributed by atoms with Gasteiger partial charge in [-0.15, -0.1) is 5.10 Å². The van der Waals surface area contributed by atoms with E-state index in [1.54, 1.807) is 6.20 Å². The van der Waals surface area contributed by atoms with E-state index in [-0.39, 0.29) is 0 Å². The number of nitrogens with zero attached hydrogens (tertiary/aromatic N) is 3. The molecule has 5 nitrogen and oxygen atoms in total.